The van der Waals surface area contributed by atoms with Crippen molar-refractivity contribution in [1.29, 1.82) is 0 Å². The third kappa shape index (κ3) is 6.44. The van der Waals surface area contributed by atoms with Gasteiger partial charge >= 0.3 is 0 Å². The van der Waals surface area contributed by atoms with E-state index in [2.05, 4.69) is 17.4 Å². The Morgan fingerprint density at radius 2 is 1.59 bits per heavy atom. The Hall–Kier alpha value is -1.71. The summed E-state index contributed by atoms with van der Waals surface area (Å²) < 4.78 is 11.8. The van der Waals surface area contributed by atoms with Crippen molar-refractivity contribution in [1.82, 2.24) is 5.32 Å². The van der Waals surface area contributed by atoms with Crippen LogP contribution in [0.15, 0.2) is 42.5 Å². The second kappa shape index (κ2) is 10.6. The van der Waals surface area contributed by atoms with Gasteiger partial charge < -0.3 is 14.8 Å². The van der Waals surface area contributed by atoms with Crippen molar-refractivity contribution in [3.8, 4) is 11.5 Å². The Balaban J connectivity index is 1.60. The summed E-state index contributed by atoms with van der Waals surface area (Å²) in [6, 6.07) is 14.6. The van der Waals surface area contributed by atoms with Crippen molar-refractivity contribution >= 4 is 11.6 Å². The summed E-state index contributed by atoms with van der Waals surface area (Å²) in [5.41, 5.74) is 2.32. The Kier molecular flexibility index (Phi) is 7.85. The molecular formula is C23H30ClNO2. The first kappa shape index (κ1) is 20.0. The fraction of sp³-hybridized carbons (Fsp3) is 0.478. The lowest BCUT2D eigenvalue weighted by atomic mass is 10.1. The van der Waals surface area contributed by atoms with Gasteiger partial charge in [0, 0.05) is 17.6 Å². The van der Waals surface area contributed by atoms with Gasteiger partial charge in [0.2, 0.25) is 0 Å². The Labute approximate surface area is 168 Å². The molecule has 1 aliphatic rings. The number of benzene rings is 2. The topological polar surface area (TPSA) is 30.5 Å². The number of hydrogen-bond acceptors (Lipinski definition) is 3. The molecule has 146 valence electrons. The molecule has 0 bridgehead atoms. The van der Waals surface area contributed by atoms with E-state index in [1.54, 1.807) is 0 Å². The average Bonchev–Trinajstić information content (AvgIpc) is 2.96. The second-order valence-corrected chi connectivity index (χ2v) is 7.64. The predicted molar refractivity (Wildman–Crippen MR) is 112 cm³/mol. The van der Waals surface area contributed by atoms with Gasteiger partial charge in [0.1, 0.15) is 6.61 Å². The van der Waals surface area contributed by atoms with Crippen molar-refractivity contribution < 1.29 is 9.47 Å². The van der Waals surface area contributed by atoms with Gasteiger partial charge in [-0.1, -0.05) is 55.5 Å². The average molecular weight is 388 g/mol. The van der Waals surface area contributed by atoms with E-state index in [1.807, 2.05) is 37.3 Å². The first-order valence-electron chi connectivity index (χ1n) is 10.1. The molecule has 2 aromatic rings. The van der Waals surface area contributed by atoms with Gasteiger partial charge in [-0.2, -0.15) is 0 Å². The summed E-state index contributed by atoms with van der Waals surface area (Å²) in [6.07, 6.45) is 8.04. The lowest BCUT2D eigenvalue weighted by Gasteiger charge is -2.17. The van der Waals surface area contributed by atoms with Crippen LogP contribution in [0.5, 0.6) is 11.5 Å². The van der Waals surface area contributed by atoms with Gasteiger partial charge in [0.15, 0.2) is 11.5 Å². The minimum atomic E-state index is 0.497. The minimum absolute atomic E-state index is 0.497. The number of hydrogen-bond donors (Lipinski definition) is 1. The SMILES string of the molecule is CCOc1cc(CNC2CCCCCC2)ccc1OCc1ccc(Cl)cc1. The smallest absolute Gasteiger partial charge is 0.161 e. The molecule has 1 N–H and O–H groups in total. The summed E-state index contributed by atoms with van der Waals surface area (Å²) in [6.45, 7) is 4.00. The highest BCUT2D eigenvalue weighted by Gasteiger charge is 2.12. The number of halogens is 1. The van der Waals surface area contributed by atoms with Crippen LogP contribution in [0.25, 0.3) is 0 Å². The van der Waals surface area contributed by atoms with Gasteiger partial charge in [0.25, 0.3) is 0 Å². The summed E-state index contributed by atoms with van der Waals surface area (Å²) in [7, 11) is 0. The number of nitrogens with one attached hydrogen (secondary N) is 1. The molecule has 1 fully saturated rings. The number of ether oxygens (including phenoxy) is 2. The molecule has 27 heavy (non-hydrogen) atoms. The molecule has 0 aromatic heterocycles. The maximum atomic E-state index is 5.99. The molecule has 3 rings (SSSR count). The van der Waals surface area contributed by atoms with Gasteiger partial charge in [0.05, 0.1) is 6.61 Å². The first-order valence-corrected chi connectivity index (χ1v) is 10.5. The third-order valence-corrected chi connectivity index (χ3v) is 5.32. The van der Waals surface area contributed by atoms with Crippen LogP contribution in [0.2, 0.25) is 5.02 Å². The van der Waals surface area contributed by atoms with Crippen molar-refractivity contribution in [3.63, 3.8) is 0 Å². The highest BCUT2D eigenvalue weighted by molar-refractivity contribution is 6.30. The summed E-state index contributed by atoms with van der Waals surface area (Å²) >= 11 is 5.94. The zero-order valence-corrected chi connectivity index (χ0v) is 16.9. The van der Waals surface area contributed by atoms with Crippen LogP contribution in [-0.2, 0) is 13.2 Å². The fourth-order valence-corrected chi connectivity index (χ4v) is 3.66. The van der Waals surface area contributed by atoms with Crippen LogP contribution in [0.1, 0.15) is 56.6 Å². The molecule has 0 saturated heterocycles. The van der Waals surface area contributed by atoms with Crippen LogP contribution >= 0.6 is 11.6 Å². The molecule has 3 nitrogen and oxygen atoms in total. The van der Waals surface area contributed by atoms with Gasteiger partial charge in [-0.25, -0.2) is 0 Å². The molecule has 2 aromatic carbocycles. The van der Waals surface area contributed by atoms with Crippen molar-refractivity contribution in [2.45, 2.75) is 64.6 Å². The van der Waals surface area contributed by atoms with Crippen LogP contribution in [0, 0.1) is 0 Å². The van der Waals surface area contributed by atoms with Crippen molar-refractivity contribution in [2.75, 3.05) is 6.61 Å². The summed E-state index contributed by atoms with van der Waals surface area (Å²) in [5.74, 6) is 1.59. The normalized spacial score (nSPS) is 15.3. The Morgan fingerprint density at radius 1 is 0.889 bits per heavy atom. The van der Waals surface area contributed by atoms with Gasteiger partial charge in [-0.3, -0.25) is 0 Å². The standard InChI is InChI=1S/C23H30ClNO2/c1-2-26-23-15-19(16-25-21-7-5-3-4-6-8-21)11-14-22(23)27-17-18-9-12-20(24)13-10-18/h9-15,21,25H,2-8,16-17H2,1H3. The van der Waals surface area contributed by atoms with E-state index >= 15 is 0 Å². The van der Waals surface area contributed by atoms with E-state index in [9.17, 15) is 0 Å². The van der Waals surface area contributed by atoms with Crippen molar-refractivity contribution in [3.05, 3.63) is 58.6 Å². The first-order chi connectivity index (χ1) is 13.2. The zero-order chi connectivity index (χ0) is 18.9. The molecule has 1 aliphatic carbocycles. The van der Waals surface area contributed by atoms with Crippen LogP contribution in [0.4, 0.5) is 0 Å². The third-order valence-electron chi connectivity index (χ3n) is 5.07. The van der Waals surface area contributed by atoms with Gasteiger partial charge in [-0.05, 0) is 55.2 Å². The summed E-state index contributed by atoms with van der Waals surface area (Å²) in [4.78, 5) is 0. The van der Waals surface area contributed by atoms with E-state index in [4.69, 9.17) is 21.1 Å². The highest BCUT2D eigenvalue weighted by atomic mass is 35.5. The molecular weight excluding hydrogens is 358 g/mol. The number of rotatable bonds is 8. The quantitative estimate of drug-likeness (QED) is 0.552. The molecule has 0 spiro atoms. The molecule has 4 heteroatoms. The van der Waals surface area contributed by atoms with E-state index in [-0.39, 0.29) is 0 Å². The van der Waals surface area contributed by atoms with E-state index in [1.165, 1.54) is 44.1 Å². The zero-order valence-electron chi connectivity index (χ0n) is 16.2. The van der Waals surface area contributed by atoms with E-state index in [0.29, 0.717) is 19.3 Å². The maximum Gasteiger partial charge on any atom is 0.161 e. The molecule has 0 aliphatic heterocycles. The minimum Gasteiger partial charge on any atom is -0.490 e. The molecule has 0 unspecified atom stereocenters. The molecule has 1 saturated carbocycles. The van der Waals surface area contributed by atoms with E-state index < -0.39 is 0 Å². The monoisotopic (exact) mass is 387 g/mol. The second-order valence-electron chi connectivity index (χ2n) is 7.20. The Bertz CT molecular complexity index is 694. The lowest BCUT2D eigenvalue weighted by molar-refractivity contribution is 0.269. The largest absolute Gasteiger partial charge is 0.490 e. The highest BCUT2D eigenvalue weighted by Crippen LogP contribution is 2.29. The fourth-order valence-electron chi connectivity index (χ4n) is 3.54. The molecule has 0 heterocycles. The molecule has 0 amide bonds. The lowest BCUT2D eigenvalue weighted by Crippen LogP contribution is -2.27. The van der Waals surface area contributed by atoms with Crippen LogP contribution < -0.4 is 14.8 Å². The predicted octanol–water partition coefficient (Wildman–Crippen LogP) is 6.13. The van der Waals surface area contributed by atoms with Crippen LogP contribution in [0.3, 0.4) is 0 Å². The molecule has 0 radical (unpaired) electrons. The van der Waals surface area contributed by atoms with E-state index in [0.717, 1.165) is 28.6 Å². The maximum absolute atomic E-state index is 5.99. The summed E-state index contributed by atoms with van der Waals surface area (Å²) in [5, 5.41) is 4.46. The van der Waals surface area contributed by atoms with Gasteiger partial charge in [-0.15, -0.1) is 0 Å². The van der Waals surface area contributed by atoms with Crippen molar-refractivity contribution in [2.24, 2.45) is 0 Å². The molecule has 0 atom stereocenters. The van der Waals surface area contributed by atoms with Crippen LogP contribution in [-0.4, -0.2) is 12.6 Å². The Morgan fingerprint density at radius 3 is 2.30 bits per heavy atom.